The maximum Gasteiger partial charge on any atom is 0.278 e. The predicted octanol–water partition coefficient (Wildman–Crippen LogP) is 5.35. The van der Waals surface area contributed by atoms with Gasteiger partial charge in [-0.1, -0.05) is 71.7 Å². The standard InChI is InChI=1S/C25H18Cl2N4O2/c26-18-9-3-1-7-16(18)13-30-15-28-23-17-8-2-6-12-21(17)31(24(23)25(30)33)14-22(32)29-20-11-5-4-10-19(20)27/h1-12,15H,13-14H2,(H,29,32). The van der Waals surface area contributed by atoms with E-state index >= 15 is 0 Å². The lowest BCUT2D eigenvalue weighted by Gasteiger charge is -2.11. The summed E-state index contributed by atoms with van der Waals surface area (Å²) in [5.41, 5.74) is 2.74. The minimum absolute atomic E-state index is 0.0672. The van der Waals surface area contributed by atoms with Crippen LogP contribution in [0.3, 0.4) is 0 Å². The fourth-order valence-electron chi connectivity index (χ4n) is 3.93. The van der Waals surface area contributed by atoms with Crippen LogP contribution in [-0.4, -0.2) is 20.0 Å². The van der Waals surface area contributed by atoms with Crippen LogP contribution < -0.4 is 10.9 Å². The van der Waals surface area contributed by atoms with Crippen molar-refractivity contribution in [1.29, 1.82) is 0 Å². The summed E-state index contributed by atoms with van der Waals surface area (Å²) in [6.07, 6.45) is 1.52. The zero-order chi connectivity index (χ0) is 22.9. The molecule has 6 nitrogen and oxygen atoms in total. The topological polar surface area (TPSA) is 68.9 Å². The smallest absolute Gasteiger partial charge is 0.278 e. The third-order valence-electron chi connectivity index (χ3n) is 5.48. The van der Waals surface area contributed by atoms with Crippen molar-refractivity contribution in [3.8, 4) is 0 Å². The second kappa shape index (κ2) is 8.73. The van der Waals surface area contributed by atoms with Gasteiger partial charge in [0.15, 0.2) is 0 Å². The molecule has 0 spiro atoms. The lowest BCUT2D eigenvalue weighted by atomic mass is 10.2. The quantitative estimate of drug-likeness (QED) is 0.371. The van der Waals surface area contributed by atoms with Gasteiger partial charge in [0.2, 0.25) is 5.91 Å². The normalized spacial score (nSPS) is 11.2. The minimum atomic E-state index is -0.299. The first-order valence-electron chi connectivity index (χ1n) is 10.3. The van der Waals surface area contributed by atoms with E-state index in [0.29, 0.717) is 26.8 Å². The number of fused-ring (bicyclic) bond motifs is 3. The van der Waals surface area contributed by atoms with E-state index in [9.17, 15) is 9.59 Å². The molecule has 0 bridgehead atoms. The molecule has 0 aliphatic carbocycles. The van der Waals surface area contributed by atoms with Gasteiger partial charge in [-0.3, -0.25) is 14.2 Å². The second-order valence-electron chi connectivity index (χ2n) is 7.60. The highest BCUT2D eigenvalue weighted by Crippen LogP contribution is 2.26. The van der Waals surface area contributed by atoms with Crippen LogP contribution >= 0.6 is 23.2 Å². The zero-order valence-corrected chi connectivity index (χ0v) is 18.8. The fourth-order valence-corrected chi connectivity index (χ4v) is 4.31. The van der Waals surface area contributed by atoms with E-state index in [2.05, 4.69) is 10.3 Å². The monoisotopic (exact) mass is 476 g/mol. The largest absolute Gasteiger partial charge is 0.325 e. The molecule has 33 heavy (non-hydrogen) atoms. The van der Waals surface area contributed by atoms with Crippen molar-refractivity contribution in [3.05, 3.63) is 105 Å². The van der Waals surface area contributed by atoms with Gasteiger partial charge in [0.25, 0.3) is 5.56 Å². The summed E-state index contributed by atoms with van der Waals surface area (Å²) in [6.45, 7) is 0.205. The van der Waals surface area contributed by atoms with Gasteiger partial charge in [-0.15, -0.1) is 0 Å². The van der Waals surface area contributed by atoms with Crippen LogP contribution in [0.4, 0.5) is 5.69 Å². The van der Waals surface area contributed by atoms with E-state index in [1.165, 1.54) is 10.9 Å². The maximum absolute atomic E-state index is 13.5. The van der Waals surface area contributed by atoms with E-state index in [4.69, 9.17) is 23.2 Å². The molecule has 5 aromatic rings. The van der Waals surface area contributed by atoms with Gasteiger partial charge in [-0.2, -0.15) is 0 Å². The molecule has 1 N–H and O–H groups in total. The first-order valence-corrected chi connectivity index (χ1v) is 11.0. The van der Waals surface area contributed by atoms with Gasteiger partial charge in [-0.25, -0.2) is 4.98 Å². The summed E-state index contributed by atoms with van der Waals surface area (Å²) in [7, 11) is 0. The van der Waals surface area contributed by atoms with E-state index < -0.39 is 0 Å². The van der Waals surface area contributed by atoms with Crippen molar-refractivity contribution < 1.29 is 4.79 Å². The molecular formula is C25H18Cl2N4O2. The molecule has 0 saturated heterocycles. The summed E-state index contributed by atoms with van der Waals surface area (Å²) < 4.78 is 3.21. The number of amides is 1. The van der Waals surface area contributed by atoms with Crippen LogP contribution in [0.2, 0.25) is 10.0 Å². The third-order valence-corrected chi connectivity index (χ3v) is 6.18. The van der Waals surface area contributed by atoms with Crippen LogP contribution in [-0.2, 0) is 17.9 Å². The Labute approximate surface area is 199 Å². The molecule has 8 heteroatoms. The number of nitrogens with zero attached hydrogens (tertiary/aromatic N) is 3. The van der Waals surface area contributed by atoms with Crippen molar-refractivity contribution >= 4 is 56.7 Å². The molecule has 0 saturated carbocycles. The van der Waals surface area contributed by atoms with Crippen molar-refractivity contribution in [1.82, 2.24) is 14.1 Å². The number of benzene rings is 3. The van der Waals surface area contributed by atoms with E-state index in [1.54, 1.807) is 34.9 Å². The van der Waals surface area contributed by atoms with Crippen LogP contribution in [0.5, 0.6) is 0 Å². The molecule has 0 fully saturated rings. The van der Waals surface area contributed by atoms with E-state index in [1.807, 2.05) is 42.5 Å². The Morgan fingerprint density at radius 2 is 1.61 bits per heavy atom. The Morgan fingerprint density at radius 1 is 0.909 bits per heavy atom. The van der Waals surface area contributed by atoms with Crippen LogP contribution in [0, 0.1) is 0 Å². The third kappa shape index (κ3) is 3.99. The van der Waals surface area contributed by atoms with Crippen molar-refractivity contribution in [2.75, 3.05) is 5.32 Å². The van der Waals surface area contributed by atoms with Gasteiger partial charge in [0.1, 0.15) is 17.6 Å². The highest BCUT2D eigenvalue weighted by molar-refractivity contribution is 6.33. The maximum atomic E-state index is 13.5. The summed E-state index contributed by atoms with van der Waals surface area (Å²) in [5.74, 6) is -0.299. The predicted molar refractivity (Wildman–Crippen MR) is 132 cm³/mol. The average molecular weight is 477 g/mol. The minimum Gasteiger partial charge on any atom is -0.325 e. The van der Waals surface area contributed by atoms with Crippen LogP contribution in [0.25, 0.3) is 21.9 Å². The number of halogens is 2. The van der Waals surface area contributed by atoms with Crippen LogP contribution in [0.15, 0.2) is 83.9 Å². The van der Waals surface area contributed by atoms with Crippen molar-refractivity contribution in [3.63, 3.8) is 0 Å². The summed E-state index contributed by atoms with van der Waals surface area (Å²) in [6, 6.07) is 21.9. The molecule has 3 aromatic carbocycles. The summed E-state index contributed by atoms with van der Waals surface area (Å²) in [4.78, 5) is 31.0. The Bertz CT molecular complexity index is 1570. The number of aromatic nitrogens is 3. The average Bonchev–Trinajstić information content (AvgIpc) is 3.13. The molecule has 0 aliphatic heterocycles. The molecule has 0 radical (unpaired) electrons. The highest BCUT2D eigenvalue weighted by atomic mass is 35.5. The molecule has 5 rings (SSSR count). The Hall–Kier alpha value is -3.61. The first-order chi connectivity index (χ1) is 16.0. The lowest BCUT2D eigenvalue weighted by Crippen LogP contribution is -2.25. The fraction of sp³-hybridized carbons (Fsp3) is 0.0800. The second-order valence-corrected chi connectivity index (χ2v) is 8.41. The zero-order valence-electron chi connectivity index (χ0n) is 17.3. The van der Waals surface area contributed by atoms with E-state index in [0.717, 1.165) is 16.5 Å². The summed E-state index contributed by atoms with van der Waals surface area (Å²) >= 11 is 12.5. The number of carbonyl (C=O) groups is 1. The molecule has 1 amide bonds. The first kappa shape index (κ1) is 21.2. The Balaban J connectivity index is 1.60. The van der Waals surface area contributed by atoms with E-state index in [-0.39, 0.29) is 24.6 Å². The van der Waals surface area contributed by atoms with Gasteiger partial charge in [-0.05, 0) is 29.8 Å². The van der Waals surface area contributed by atoms with Gasteiger partial charge in [0.05, 0.1) is 29.1 Å². The SMILES string of the molecule is O=C(Cn1c2ccccc2c2ncn(Cc3ccccc3Cl)c(=O)c21)Nc1ccccc1Cl. The molecule has 0 unspecified atom stereocenters. The molecular weight excluding hydrogens is 459 g/mol. The summed E-state index contributed by atoms with van der Waals surface area (Å²) in [5, 5.41) is 4.64. The van der Waals surface area contributed by atoms with Gasteiger partial charge >= 0.3 is 0 Å². The number of hydrogen-bond donors (Lipinski definition) is 1. The number of carbonyl (C=O) groups excluding carboxylic acids is 1. The van der Waals surface area contributed by atoms with Crippen LogP contribution in [0.1, 0.15) is 5.56 Å². The number of rotatable bonds is 5. The van der Waals surface area contributed by atoms with Gasteiger partial charge < -0.3 is 9.88 Å². The van der Waals surface area contributed by atoms with Gasteiger partial charge in [0, 0.05) is 10.4 Å². The Morgan fingerprint density at radius 3 is 2.39 bits per heavy atom. The molecule has 2 aromatic heterocycles. The molecule has 0 aliphatic rings. The highest BCUT2D eigenvalue weighted by Gasteiger charge is 2.19. The molecule has 2 heterocycles. The number of nitrogens with one attached hydrogen (secondary N) is 1. The molecule has 164 valence electrons. The number of hydrogen-bond acceptors (Lipinski definition) is 3. The lowest BCUT2D eigenvalue weighted by molar-refractivity contribution is -0.116. The van der Waals surface area contributed by atoms with Crippen molar-refractivity contribution in [2.24, 2.45) is 0 Å². The number of anilines is 1. The molecule has 0 atom stereocenters. The Kier molecular flexibility index (Phi) is 5.62. The number of para-hydroxylation sites is 2. The van der Waals surface area contributed by atoms with Crippen molar-refractivity contribution in [2.45, 2.75) is 13.1 Å².